The molecule has 7 fully saturated rings. The number of hydrogen-bond acceptors (Lipinski definition) is 12. The number of carbonyl (C=O) groups is 12. The number of fused-ring (bicyclic) bond motifs is 1. The van der Waals surface area contributed by atoms with Gasteiger partial charge in [-0.3, -0.25) is 57.5 Å². The molecule has 7 rings (SSSR count). The highest BCUT2D eigenvalue weighted by Crippen LogP contribution is 2.44. The van der Waals surface area contributed by atoms with E-state index in [2.05, 4.69) is 22.9 Å². The third-order valence-electron chi connectivity index (χ3n) is 25.8. The second-order valence-corrected chi connectivity index (χ2v) is 34.4. The van der Waals surface area contributed by atoms with E-state index in [1.807, 2.05) is 34.6 Å². The van der Waals surface area contributed by atoms with Crippen LogP contribution in [0.25, 0.3) is 0 Å². The molecule has 4 saturated carbocycles. The van der Waals surface area contributed by atoms with E-state index < -0.39 is 173 Å². The van der Waals surface area contributed by atoms with Gasteiger partial charge in [0, 0.05) is 74.3 Å². The molecule has 1 spiro atoms. The second-order valence-electron chi connectivity index (χ2n) is 33.8. The predicted molar refractivity (Wildman–Crippen MR) is 402 cm³/mol. The number of carbonyl (C=O) groups excluding carboxylic acids is 12. The maximum Gasteiger partial charge on any atom is 0.393 e. The number of piperidine rings is 1. The van der Waals surface area contributed by atoms with Crippen LogP contribution >= 0.6 is 11.6 Å². The summed E-state index contributed by atoms with van der Waals surface area (Å²) in [5, 5.41) is 7.79. The van der Waals surface area contributed by atoms with Crippen molar-refractivity contribution in [2.75, 3.05) is 75.5 Å². The molecule has 7 aliphatic rings. The zero-order valence-electron chi connectivity index (χ0n) is 67.0. The summed E-state index contributed by atoms with van der Waals surface area (Å²) in [6, 6.07) is -11.0. The van der Waals surface area contributed by atoms with E-state index in [1.165, 1.54) is 95.5 Å². The molecule has 3 unspecified atom stereocenters. The summed E-state index contributed by atoms with van der Waals surface area (Å²) in [5.74, 6) is -10.3. The monoisotopic (exact) mass is 1530 g/mol. The molecule has 3 saturated heterocycles. The Morgan fingerprint density at radius 3 is 1.71 bits per heavy atom. The molecule has 3 N–H and O–H groups in total. The van der Waals surface area contributed by atoms with Crippen LogP contribution in [0.5, 0.6) is 0 Å². The molecule has 4 aliphatic carbocycles. The smallest absolute Gasteiger partial charge is 0.343 e. The summed E-state index contributed by atoms with van der Waals surface area (Å²) >= 11 is 6.48. The maximum atomic E-state index is 15.9. The number of nitrogens with one attached hydrogen (secondary N) is 3. The number of likely N-dealkylation sites (tertiary alicyclic amines) is 1. The number of rotatable bonds is 14. The molecule has 107 heavy (non-hydrogen) atoms. The number of alkyl halides is 4. The van der Waals surface area contributed by atoms with Crippen molar-refractivity contribution >= 4 is 82.5 Å². The second kappa shape index (κ2) is 39.1. The van der Waals surface area contributed by atoms with E-state index in [0.29, 0.717) is 57.5 Å². The van der Waals surface area contributed by atoms with E-state index in [0.717, 1.165) is 64.2 Å². The highest BCUT2D eigenvalue weighted by Gasteiger charge is 2.52. The van der Waals surface area contributed by atoms with Gasteiger partial charge in [0.2, 0.25) is 70.9 Å². The first kappa shape index (κ1) is 87.9. The van der Waals surface area contributed by atoms with Gasteiger partial charge in [-0.1, -0.05) is 132 Å². The number of nitrogens with zero attached hydrogens (tertiary/aromatic N) is 9. The molecular weight excluding hydrogens is 1400 g/mol. The van der Waals surface area contributed by atoms with E-state index in [-0.39, 0.29) is 101 Å². The molecule has 0 aromatic heterocycles. The Kier molecular flexibility index (Phi) is 32.1. The molecule has 28 heteroatoms. The van der Waals surface area contributed by atoms with Gasteiger partial charge in [0.15, 0.2) is 0 Å². The fourth-order valence-corrected chi connectivity index (χ4v) is 18.3. The lowest BCUT2D eigenvalue weighted by atomic mass is 9.78. The van der Waals surface area contributed by atoms with E-state index in [9.17, 15) is 27.6 Å². The maximum absolute atomic E-state index is 15.9. The molecule has 24 nitrogen and oxygen atoms in total. The first-order valence-corrected chi connectivity index (χ1v) is 40.9. The van der Waals surface area contributed by atoms with Crippen molar-refractivity contribution in [2.24, 2.45) is 47.3 Å². The summed E-state index contributed by atoms with van der Waals surface area (Å²) in [6.07, 6.45) is 7.68. The quantitative estimate of drug-likeness (QED) is 0.138. The standard InChI is InChI=1S/C79H130ClF3N12O12/c1-16-50(6)66-75(105)88(10)52(8)70(100)95-41-36-59(95)73(103)91(13)62(45-55-30-28-49(5)29-31-55)72(102)87(9)47-64(96)84-58(35-33-54-32-34-56(57(80)43-54)79(81,82)83)71(101)90(12)61(44-53-26-20-18-21-27-53)69(99)86-78(37-22-23-38-78)77(107)93(15)67(51(7)17-2)76(106)92(14)63(74(104)94-39-24-19-25-40-94)46-65(97)89(11)60(42-48(3)4)68(98)85-66/h48-63,66-67H,16-47H2,1-15H3,(H,84,96)(H,85,98)(H,86,99)/t49?,50-,51-,52-,54?,55?,56?,57?,58-,59-,60-,61+,62-,63-,66-,67-/m0/s1. The van der Waals surface area contributed by atoms with Gasteiger partial charge in [-0.2, -0.15) is 13.2 Å². The van der Waals surface area contributed by atoms with E-state index >= 15 is 43.2 Å². The molecule has 0 bridgehead atoms. The van der Waals surface area contributed by atoms with Crippen LogP contribution in [0.3, 0.4) is 0 Å². The lowest BCUT2D eigenvalue weighted by Crippen LogP contribution is -2.65. The Hall–Kier alpha value is -6.28. The van der Waals surface area contributed by atoms with Crippen LogP contribution in [0.4, 0.5) is 13.2 Å². The summed E-state index contributed by atoms with van der Waals surface area (Å²) in [4.78, 5) is 195. The van der Waals surface area contributed by atoms with Gasteiger partial charge in [0.05, 0.1) is 18.9 Å². The van der Waals surface area contributed by atoms with E-state index in [1.54, 1.807) is 11.8 Å². The largest absolute Gasteiger partial charge is 0.393 e. The van der Waals surface area contributed by atoms with Crippen molar-refractivity contribution in [3.05, 3.63) is 0 Å². The van der Waals surface area contributed by atoms with Crippen LogP contribution in [-0.4, -0.2) is 262 Å². The average Bonchev–Trinajstić information content (AvgIpc) is 1.77. The van der Waals surface area contributed by atoms with Crippen LogP contribution < -0.4 is 16.0 Å². The number of hydrogen-bond donors (Lipinski definition) is 3. The molecule has 606 valence electrons. The van der Waals surface area contributed by atoms with Crippen LogP contribution in [0, 0.1) is 47.3 Å². The summed E-state index contributed by atoms with van der Waals surface area (Å²) < 4.78 is 42.5. The fraction of sp³-hybridized carbons (Fsp3) is 0.848. The highest BCUT2D eigenvalue weighted by molar-refractivity contribution is 6.21. The van der Waals surface area contributed by atoms with Gasteiger partial charge in [-0.05, 0) is 138 Å². The van der Waals surface area contributed by atoms with Crippen molar-refractivity contribution in [3.8, 4) is 0 Å². The minimum Gasteiger partial charge on any atom is -0.343 e. The minimum atomic E-state index is -4.52. The van der Waals surface area contributed by atoms with Crippen LogP contribution in [-0.2, 0) is 57.5 Å². The SMILES string of the molecule is CC[C@H](C)[C@@H]1NC(=O)[C@H](CC(C)C)N(C)C(=O)C[C@@H](C(=O)N2CCCCC2)N(C)C(=O)[C@H]([C@@H](C)CC)N(C)C(=O)C2(CCCC2)NC(=O)[C@@H](CC2CCCCC2)N(C)C(=O)[C@H](CCC2CCC(C(F)(F)F)C(Cl)C2)NC(=O)CN(C)C(=O)[C@H](CC2CCC(C)CC2)N(C)C(=O)[C@@H]2CCN2C(=O)[C@H](C)N(C)C1=O. The first-order valence-electron chi connectivity index (χ1n) is 40.4. The fourth-order valence-electron chi connectivity index (χ4n) is 17.8. The molecule has 3 heterocycles. The van der Waals surface area contributed by atoms with Gasteiger partial charge < -0.3 is 60.0 Å². The molecule has 0 radical (unpaired) electrons. The highest BCUT2D eigenvalue weighted by atomic mass is 35.5. The summed E-state index contributed by atoms with van der Waals surface area (Å²) in [6.45, 7) is 15.1. The van der Waals surface area contributed by atoms with Gasteiger partial charge in [-0.15, -0.1) is 11.6 Å². The Bertz CT molecular complexity index is 3100. The Morgan fingerprint density at radius 2 is 1.14 bits per heavy atom. The number of likely N-dealkylation sites (N-methyl/N-ethyl adjacent to an activating group) is 7. The van der Waals surface area contributed by atoms with Crippen molar-refractivity contribution in [2.45, 2.75) is 307 Å². The number of halogens is 4. The summed E-state index contributed by atoms with van der Waals surface area (Å²) in [7, 11) is 10.3. The lowest BCUT2D eigenvalue weighted by molar-refractivity contribution is -0.182. The Balaban J connectivity index is 1.32. The lowest BCUT2D eigenvalue weighted by Gasteiger charge is -2.45. The van der Waals surface area contributed by atoms with E-state index in [4.69, 9.17) is 11.6 Å². The van der Waals surface area contributed by atoms with Gasteiger partial charge in [-0.25, -0.2) is 0 Å². The number of amides is 12. The molecular formula is C79H130ClF3N12O12. The molecule has 14 atom stereocenters. The topological polar surface area (TPSA) is 270 Å². The van der Waals surface area contributed by atoms with Crippen LogP contribution in [0.15, 0.2) is 0 Å². The molecule has 3 aliphatic heterocycles. The first-order chi connectivity index (χ1) is 50.4. The zero-order valence-corrected chi connectivity index (χ0v) is 67.7. The minimum absolute atomic E-state index is 0.00596. The Labute approximate surface area is 639 Å². The summed E-state index contributed by atoms with van der Waals surface area (Å²) in [5.41, 5.74) is -1.60. The van der Waals surface area contributed by atoms with Crippen LogP contribution in [0.2, 0.25) is 0 Å². The zero-order chi connectivity index (χ0) is 79.3. The van der Waals surface area contributed by atoms with Crippen molar-refractivity contribution in [1.82, 2.24) is 60.0 Å². The van der Waals surface area contributed by atoms with Gasteiger partial charge in [0.25, 0.3) is 0 Å². The van der Waals surface area contributed by atoms with Crippen LogP contribution in [0.1, 0.15) is 235 Å². The average molecular weight is 1530 g/mol. The Morgan fingerprint density at radius 1 is 0.561 bits per heavy atom. The van der Waals surface area contributed by atoms with Crippen molar-refractivity contribution in [3.63, 3.8) is 0 Å². The predicted octanol–water partition coefficient (Wildman–Crippen LogP) is 8.53. The van der Waals surface area contributed by atoms with Crippen molar-refractivity contribution in [1.29, 1.82) is 0 Å². The molecule has 0 aromatic carbocycles. The van der Waals surface area contributed by atoms with Crippen molar-refractivity contribution < 1.29 is 70.7 Å². The molecule has 0 aromatic rings. The molecule has 12 amide bonds. The third-order valence-corrected chi connectivity index (χ3v) is 26.3. The normalized spacial score (nSPS) is 31.7. The van der Waals surface area contributed by atoms with Gasteiger partial charge in [0.1, 0.15) is 59.9 Å². The van der Waals surface area contributed by atoms with Gasteiger partial charge >= 0.3 is 6.18 Å². The third kappa shape index (κ3) is 21.9.